The summed E-state index contributed by atoms with van der Waals surface area (Å²) in [5, 5.41) is 5.41. The molecule has 0 unspecified atom stereocenters. The van der Waals surface area contributed by atoms with E-state index in [0.29, 0.717) is 35.2 Å². The zero-order valence-corrected chi connectivity index (χ0v) is 17.5. The smallest absolute Gasteiger partial charge is 0.338 e. The molecule has 0 aliphatic heterocycles. The fraction of sp³-hybridized carbons (Fsp3) is 0.318. The fourth-order valence-electron chi connectivity index (χ4n) is 2.55. The lowest BCUT2D eigenvalue weighted by Gasteiger charge is -2.13. The molecule has 0 atom stereocenters. The van der Waals surface area contributed by atoms with Gasteiger partial charge in [-0.2, -0.15) is 0 Å². The molecule has 0 bridgehead atoms. The van der Waals surface area contributed by atoms with Gasteiger partial charge >= 0.3 is 5.97 Å². The number of para-hydroxylation sites is 1. The van der Waals surface area contributed by atoms with Crippen molar-refractivity contribution in [2.45, 2.75) is 13.8 Å². The van der Waals surface area contributed by atoms with Crippen molar-refractivity contribution in [2.75, 3.05) is 32.7 Å². The maximum absolute atomic E-state index is 12.3. The number of methoxy groups -OCH3 is 2. The first kappa shape index (κ1) is 22.7. The van der Waals surface area contributed by atoms with Crippen LogP contribution in [0.25, 0.3) is 0 Å². The topological polar surface area (TPSA) is 103 Å². The van der Waals surface area contributed by atoms with E-state index in [2.05, 4.69) is 10.6 Å². The van der Waals surface area contributed by atoms with Crippen molar-refractivity contribution < 1.29 is 28.6 Å². The van der Waals surface area contributed by atoms with Crippen LogP contribution in [0.15, 0.2) is 42.5 Å². The Labute approximate surface area is 175 Å². The van der Waals surface area contributed by atoms with Crippen LogP contribution in [0.4, 0.5) is 5.69 Å². The Hall–Kier alpha value is -3.55. The predicted molar refractivity (Wildman–Crippen MR) is 112 cm³/mol. The molecule has 30 heavy (non-hydrogen) atoms. The highest BCUT2D eigenvalue weighted by Crippen LogP contribution is 2.27. The standard InChI is InChI=1S/C22H26N2O6/c1-14(2)12-23-21(26)16-7-5-6-8-17(16)24-20(25)13-30-22(27)15-9-10-18(28-3)19(11-15)29-4/h5-11,14H,12-13H2,1-4H3,(H,23,26)(H,24,25). The molecule has 2 N–H and O–H groups in total. The number of benzene rings is 2. The number of carbonyl (C=O) groups excluding carboxylic acids is 3. The number of nitrogens with one attached hydrogen (secondary N) is 2. The number of anilines is 1. The number of hydrogen-bond acceptors (Lipinski definition) is 6. The number of ether oxygens (including phenoxy) is 3. The highest BCUT2D eigenvalue weighted by atomic mass is 16.5. The molecule has 0 saturated carbocycles. The normalized spacial score (nSPS) is 10.3. The minimum atomic E-state index is -0.686. The molecular weight excluding hydrogens is 388 g/mol. The highest BCUT2D eigenvalue weighted by Gasteiger charge is 2.16. The van der Waals surface area contributed by atoms with Crippen molar-refractivity contribution in [1.29, 1.82) is 0 Å². The molecule has 160 valence electrons. The Bertz CT molecular complexity index is 910. The second kappa shape index (κ2) is 10.8. The summed E-state index contributed by atoms with van der Waals surface area (Å²) < 4.78 is 15.3. The average Bonchev–Trinajstić information content (AvgIpc) is 2.75. The van der Waals surface area contributed by atoms with E-state index in [1.54, 1.807) is 30.3 Å². The van der Waals surface area contributed by atoms with E-state index in [4.69, 9.17) is 14.2 Å². The lowest BCUT2D eigenvalue weighted by molar-refractivity contribution is -0.119. The van der Waals surface area contributed by atoms with E-state index in [1.165, 1.54) is 26.4 Å². The van der Waals surface area contributed by atoms with Crippen LogP contribution in [0.1, 0.15) is 34.6 Å². The van der Waals surface area contributed by atoms with Crippen LogP contribution in [0.2, 0.25) is 0 Å². The van der Waals surface area contributed by atoms with Crippen molar-refractivity contribution in [3.8, 4) is 11.5 Å². The van der Waals surface area contributed by atoms with E-state index in [-0.39, 0.29) is 11.5 Å². The lowest BCUT2D eigenvalue weighted by Crippen LogP contribution is -2.29. The van der Waals surface area contributed by atoms with Crippen molar-refractivity contribution >= 4 is 23.5 Å². The Morgan fingerprint density at radius 3 is 2.33 bits per heavy atom. The van der Waals surface area contributed by atoms with Crippen LogP contribution in [-0.4, -0.2) is 45.2 Å². The third kappa shape index (κ3) is 6.23. The Kier molecular flexibility index (Phi) is 8.22. The molecule has 0 heterocycles. The number of carbonyl (C=O) groups is 3. The van der Waals surface area contributed by atoms with Crippen molar-refractivity contribution in [1.82, 2.24) is 5.32 Å². The lowest BCUT2D eigenvalue weighted by atomic mass is 10.1. The molecular formula is C22H26N2O6. The van der Waals surface area contributed by atoms with Gasteiger partial charge in [-0.1, -0.05) is 26.0 Å². The summed E-state index contributed by atoms with van der Waals surface area (Å²) in [4.78, 5) is 36.8. The van der Waals surface area contributed by atoms with Gasteiger partial charge in [-0.25, -0.2) is 4.79 Å². The van der Waals surface area contributed by atoms with Gasteiger partial charge < -0.3 is 24.8 Å². The number of esters is 1. The molecule has 0 saturated heterocycles. The molecule has 0 aromatic heterocycles. The zero-order chi connectivity index (χ0) is 22.1. The van der Waals surface area contributed by atoms with Gasteiger partial charge in [-0.3, -0.25) is 9.59 Å². The van der Waals surface area contributed by atoms with Crippen LogP contribution in [-0.2, 0) is 9.53 Å². The monoisotopic (exact) mass is 414 g/mol. The molecule has 2 rings (SSSR count). The number of hydrogen-bond donors (Lipinski definition) is 2. The van der Waals surface area contributed by atoms with Crippen LogP contribution in [0.5, 0.6) is 11.5 Å². The third-order valence-electron chi connectivity index (χ3n) is 4.07. The van der Waals surface area contributed by atoms with Crippen LogP contribution in [0.3, 0.4) is 0 Å². The summed E-state index contributed by atoms with van der Waals surface area (Å²) in [5.41, 5.74) is 0.887. The SMILES string of the molecule is COc1ccc(C(=O)OCC(=O)Nc2ccccc2C(=O)NCC(C)C)cc1OC. The first-order valence-electron chi connectivity index (χ1n) is 9.42. The second-order valence-electron chi connectivity index (χ2n) is 6.84. The Balaban J connectivity index is 1.98. The molecule has 0 spiro atoms. The molecule has 2 aromatic rings. The van der Waals surface area contributed by atoms with Gasteiger partial charge in [0, 0.05) is 6.54 Å². The van der Waals surface area contributed by atoms with Gasteiger partial charge in [0.2, 0.25) is 0 Å². The summed E-state index contributed by atoms with van der Waals surface area (Å²) in [7, 11) is 2.94. The van der Waals surface area contributed by atoms with E-state index in [0.717, 1.165) is 0 Å². The van der Waals surface area contributed by atoms with E-state index in [1.807, 2.05) is 13.8 Å². The van der Waals surface area contributed by atoms with E-state index < -0.39 is 18.5 Å². The van der Waals surface area contributed by atoms with Gasteiger partial charge in [0.1, 0.15) is 0 Å². The van der Waals surface area contributed by atoms with Crippen molar-refractivity contribution in [2.24, 2.45) is 5.92 Å². The molecule has 2 amide bonds. The van der Waals surface area contributed by atoms with Gasteiger partial charge in [0.15, 0.2) is 18.1 Å². The highest BCUT2D eigenvalue weighted by molar-refractivity contribution is 6.04. The van der Waals surface area contributed by atoms with Gasteiger partial charge in [0.25, 0.3) is 11.8 Å². The van der Waals surface area contributed by atoms with Gasteiger partial charge in [-0.05, 0) is 36.2 Å². The van der Waals surface area contributed by atoms with Crippen molar-refractivity contribution in [3.63, 3.8) is 0 Å². The maximum atomic E-state index is 12.3. The largest absolute Gasteiger partial charge is 0.493 e. The first-order valence-corrected chi connectivity index (χ1v) is 9.42. The Morgan fingerprint density at radius 1 is 0.967 bits per heavy atom. The molecule has 0 aliphatic rings. The minimum Gasteiger partial charge on any atom is -0.493 e. The van der Waals surface area contributed by atoms with Gasteiger partial charge in [-0.15, -0.1) is 0 Å². The molecule has 8 heteroatoms. The second-order valence-corrected chi connectivity index (χ2v) is 6.84. The molecule has 8 nitrogen and oxygen atoms in total. The quantitative estimate of drug-likeness (QED) is 0.612. The molecule has 2 aromatic carbocycles. The summed E-state index contributed by atoms with van der Waals surface area (Å²) in [6, 6.07) is 11.2. The van der Waals surface area contributed by atoms with E-state index in [9.17, 15) is 14.4 Å². The van der Waals surface area contributed by atoms with Gasteiger partial charge in [0.05, 0.1) is 31.0 Å². The molecule has 0 fully saturated rings. The first-order chi connectivity index (χ1) is 14.3. The molecule has 0 radical (unpaired) electrons. The summed E-state index contributed by atoms with van der Waals surface area (Å²) >= 11 is 0. The predicted octanol–water partition coefficient (Wildman–Crippen LogP) is 2.89. The summed E-state index contributed by atoms with van der Waals surface area (Å²) in [5.74, 6) is -0.396. The number of rotatable bonds is 9. The Morgan fingerprint density at radius 2 is 1.67 bits per heavy atom. The average molecular weight is 414 g/mol. The van der Waals surface area contributed by atoms with E-state index >= 15 is 0 Å². The summed E-state index contributed by atoms with van der Waals surface area (Å²) in [6.07, 6.45) is 0. The minimum absolute atomic E-state index is 0.217. The van der Waals surface area contributed by atoms with Crippen molar-refractivity contribution in [3.05, 3.63) is 53.6 Å². The summed E-state index contributed by atoms with van der Waals surface area (Å²) in [6.45, 7) is 3.99. The molecule has 0 aliphatic carbocycles. The third-order valence-corrected chi connectivity index (χ3v) is 4.07. The maximum Gasteiger partial charge on any atom is 0.338 e. The fourth-order valence-corrected chi connectivity index (χ4v) is 2.55. The van der Waals surface area contributed by atoms with Crippen LogP contribution in [0, 0.1) is 5.92 Å². The van der Waals surface area contributed by atoms with Crippen LogP contribution >= 0.6 is 0 Å². The zero-order valence-electron chi connectivity index (χ0n) is 17.5. The number of amides is 2. The van der Waals surface area contributed by atoms with Crippen LogP contribution < -0.4 is 20.1 Å².